The number of pyridine rings is 2. The Kier molecular flexibility index (Phi) is 7.24. The molecule has 0 spiro atoms. The van der Waals surface area contributed by atoms with Crippen LogP contribution in [0.5, 0.6) is 17.2 Å². The standard InChI is InChI=1S/C31H25F3N4O4/c32-31(33,34)27-8-5-21(17-37-27)30(40)38-11-9-19-13-24-6-7-26(19)28(38)20-3-1-4-23(14-20)41-12-2-10-36-29(39)22-15-25(42-24)18-35-16-22/h1,3-8,13-18,28H,2,9-12H2,(H,36,39). The topological polar surface area (TPSA) is 93.7 Å². The zero-order valence-corrected chi connectivity index (χ0v) is 22.2. The van der Waals surface area contributed by atoms with Crippen molar-refractivity contribution in [2.45, 2.75) is 25.1 Å². The van der Waals surface area contributed by atoms with Gasteiger partial charge >= 0.3 is 6.18 Å². The number of carbonyl (C=O) groups is 2. The van der Waals surface area contributed by atoms with Crippen molar-refractivity contribution in [3.05, 3.63) is 113 Å². The van der Waals surface area contributed by atoms with Crippen molar-refractivity contribution in [2.24, 2.45) is 0 Å². The molecule has 0 fully saturated rings. The minimum atomic E-state index is -4.60. The van der Waals surface area contributed by atoms with Crippen molar-refractivity contribution >= 4 is 11.8 Å². The van der Waals surface area contributed by atoms with E-state index in [0.717, 1.165) is 35.0 Å². The maximum absolute atomic E-state index is 13.7. The Bertz CT molecular complexity index is 1640. The van der Waals surface area contributed by atoms with Gasteiger partial charge in [0.2, 0.25) is 0 Å². The molecule has 0 saturated heterocycles. The molecule has 42 heavy (non-hydrogen) atoms. The third-order valence-electron chi connectivity index (χ3n) is 7.16. The molecule has 0 saturated carbocycles. The Balaban J connectivity index is 1.40. The highest BCUT2D eigenvalue weighted by Crippen LogP contribution is 2.39. The van der Waals surface area contributed by atoms with Gasteiger partial charge < -0.3 is 19.7 Å². The van der Waals surface area contributed by atoms with Gasteiger partial charge in [-0.1, -0.05) is 18.2 Å². The summed E-state index contributed by atoms with van der Waals surface area (Å²) in [5.74, 6) is 0.833. The quantitative estimate of drug-likeness (QED) is 0.319. The van der Waals surface area contributed by atoms with Crippen LogP contribution < -0.4 is 14.8 Å². The average Bonchev–Trinajstić information content (AvgIpc) is 2.99. The van der Waals surface area contributed by atoms with Crippen LogP contribution in [0, 0.1) is 0 Å². The van der Waals surface area contributed by atoms with Gasteiger partial charge in [0.15, 0.2) is 0 Å². The molecule has 4 aromatic rings. The smallest absolute Gasteiger partial charge is 0.433 e. The largest absolute Gasteiger partial charge is 0.494 e. The van der Waals surface area contributed by atoms with Gasteiger partial charge in [0.1, 0.15) is 22.9 Å². The predicted molar refractivity (Wildman–Crippen MR) is 145 cm³/mol. The Hall–Kier alpha value is -4.93. The van der Waals surface area contributed by atoms with Crippen LogP contribution >= 0.6 is 0 Å². The van der Waals surface area contributed by atoms with Crippen molar-refractivity contribution in [3.63, 3.8) is 0 Å². The van der Waals surface area contributed by atoms with Gasteiger partial charge in [-0.3, -0.25) is 19.6 Å². The van der Waals surface area contributed by atoms with Gasteiger partial charge in [-0.25, -0.2) is 0 Å². The number of fused-ring (bicyclic) bond motifs is 6. The third kappa shape index (κ3) is 5.63. The van der Waals surface area contributed by atoms with Crippen LogP contribution in [0.1, 0.15) is 55.6 Å². The molecule has 214 valence electrons. The lowest BCUT2D eigenvalue weighted by Crippen LogP contribution is -2.40. The second kappa shape index (κ2) is 11.2. The van der Waals surface area contributed by atoms with Gasteiger partial charge in [-0.05, 0) is 72.0 Å². The number of hydrogen-bond donors (Lipinski definition) is 1. The molecule has 2 aromatic heterocycles. The molecule has 3 aliphatic rings. The van der Waals surface area contributed by atoms with Crippen LogP contribution in [-0.2, 0) is 12.6 Å². The van der Waals surface area contributed by atoms with E-state index in [2.05, 4.69) is 15.3 Å². The summed E-state index contributed by atoms with van der Waals surface area (Å²) in [6.07, 6.45) is 0.404. The molecule has 1 atom stereocenters. The zero-order valence-electron chi connectivity index (χ0n) is 22.2. The van der Waals surface area contributed by atoms with Crippen LogP contribution in [0.4, 0.5) is 13.2 Å². The van der Waals surface area contributed by atoms with E-state index in [1.54, 1.807) is 17.0 Å². The van der Waals surface area contributed by atoms with Crippen molar-refractivity contribution in [2.75, 3.05) is 19.7 Å². The highest BCUT2D eigenvalue weighted by Gasteiger charge is 2.35. The summed E-state index contributed by atoms with van der Waals surface area (Å²) >= 11 is 0. The highest BCUT2D eigenvalue weighted by molar-refractivity contribution is 5.95. The van der Waals surface area contributed by atoms with Crippen molar-refractivity contribution in [1.29, 1.82) is 0 Å². The number of rotatable bonds is 1. The number of alkyl halides is 3. The molecule has 7 rings (SSSR count). The van der Waals surface area contributed by atoms with Gasteiger partial charge in [0, 0.05) is 25.5 Å². The maximum atomic E-state index is 13.7. The number of hydrogen-bond acceptors (Lipinski definition) is 6. The normalized spacial score (nSPS) is 16.9. The van der Waals surface area contributed by atoms with E-state index in [1.165, 1.54) is 12.4 Å². The summed E-state index contributed by atoms with van der Waals surface area (Å²) in [6.45, 7) is 1.04. The number of halogens is 3. The van der Waals surface area contributed by atoms with Crippen molar-refractivity contribution in [3.8, 4) is 17.2 Å². The fourth-order valence-corrected chi connectivity index (χ4v) is 5.17. The summed E-state index contributed by atoms with van der Waals surface area (Å²) in [7, 11) is 0. The molecule has 0 radical (unpaired) electrons. The molecule has 1 N–H and O–H groups in total. The monoisotopic (exact) mass is 574 g/mol. The first-order valence-electron chi connectivity index (χ1n) is 13.4. The van der Waals surface area contributed by atoms with Crippen LogP contribution in [0.2, 0.25) is 0 Å². The summed E-state index contributed by atoms with van der Waals surface area (Å²) in [5.41, 5.74) is 1.95. The fourth-order valence-electron chi connectivity index (χ4n) is 5.17. The van der Waals surface area contributed by atoms with Crippen LogP contribution in [-0.4, -0.2) is 46.4 Å². The number of nitrogens with zero attached hydrogens (tertiary/aromatic N) is 3. The fraction of sp³-hybridized carbons (Fsp3) is 0.226. The summed E-state index contributed by atoms with van der Waals surface area (Å²) in [4.78, 5) is 35.6. The SMILES string of the molecule is O=C1NCCCOc2cccc(c2)C2c3ccc(cc3CCN2C(=O)c2ccc(C(F)(F)F)nc2)Oc2cncc1c2. The first-order valence-corrected chi connectivity index (χ1v) is 13.4. The van der Waals surface area contributed by atoms with Gasteiger partial charge in [-0.2, -0.15) is 13.2 Å². The molecular weight excluding hydrogens is 549 g/mol. The van der Waals surface area contributed by atoms with E-state index in [0.29, 0.717) is 55.4 Å². The second-order valence-corrected chi connectivity index (χ2v) is 9.98. The van der Waals surface area contributed by atoms with Crippen LogP contribution in [0.3, 0.4) is 0 Å². The Labute approximate surface area is 239 Å². The van der Waals surface area contributed by atoms with Gasteiger partial charge in [0.25, 0.3) is 11.8 Å². The first-order chi connectivity index (χ1) is 20.3. The summed E-state index contributed by atoms with van der Waals surface area (Å²) in [6, 6.07) is 16.0. The number of benzene rings is 2. The van der Waals surface area contributed by atoms with E-state index in [4.69, 9.17) is 9.47 Å². The lowest BCUT2D eigenvalue weighted by atomic mass is 9.87. The Morgan fingerprint density at radius 2 is 1.86 bits per heavy atom. The third-order valence-corrected chi connectivity index (χ3v) is 7.16. The predicted octanol–water partition coefficient (Wildman–Crippen LogP) is 5.59. The highest BCUT2D eigenvalue weighted by atomic mass is 19.4. The van der Waals surface area contributed by atoms with Crippen LogP contribution in [0.15, 0.2) is 79.3 Å². The maximum Gasteiger partial charge on any atom is 0.433 e. The minimum Gasteiger partial charge on any atom is -0.494 e. The zero-order chi connectivity index (χ0) is 29.3. The summed E-state index contributed by atoms with van der Waals surface area (Å²) in [5, 5.41) is 2.85. The van der Waals surface area contributed by atoms with E-state index in [9.17, 15) is 22.8 Å². The molecule has 11 heteroatoms. The van der Waals surface area contributed by atoms with Crippen molar-refractivity contribution in [1.82, 2.24) is 20.2 Å². The molecule has 0 aliphatic carbocycles. The Morgan fingerprint density at radius 1 is 0.976 bits per heavy atom. The number of nitrogens with one attached hydrogen (secondary N) is 1. The van der Waals surface area contributed by atoms with E-state index in [1.807, 2.05) is 36.4 Å². The molecular formula is C31H25F3N4O4. The van der Waals surface area contributed by atoms with E-state index >= 15 is 0 Å². The number of carbonyl (C=O) groups excluding carboxylic acids is 2. The number of ether oxygens (including phenoxy) is 2. The molecule has 2 amide bonds. The average molecular weight is 575 g/mol. The molecule has 2 aromatic carbocycles. The number of amides is 2. The first kappa shape index (κ1) is 27.3. The number of aromatic nitrogens is 2. The lowest BCUT2D eigenvalue weighted by molar-refractivity contribution is -0.141. The lowest BCUT2D eigenvalue weighted by Gasteiger charge is -2.38. The second-order valence-electron chi connectivity index (χ2n) is 9.98. The molecule has 5 heterocycles. The van der Waals surface area contributed by atoms with Gasteiger partial charge in [-0.15, -0.1) is 0 Å². The minimum absolute atomic E-state index is 0.0627. The Morgan fingerprint density at radius 3 is 2.67 bits per heavy atom. The van der Waals surface area contributed by atoms with Gasteiger partial charge in [0.05, 0.1) is 30.0 Å². The summed E-state index contributed by atoms with van der Waals surface area (Å²) < 4.78 is 51.3. The molecule has 1 unspecified atom stereocenters. The van der Waals surface area contributed by atoms with Crippen molar-refractivity contribution < 1.29 is 32.2 Å². The van der Waals surface area contributed by atoms with E-state index in [-0.39, 0.29) is 11.5 Å². The molecule has 3 aliphatic heterocycles. The molecule has 8 bridgehead atoms. The van der Waals surface area contributed by atoms with Crippen LogP contribution in [0.25, 0.3) is 0 Å². The molecule has 8 nitrogen and oxygen atoms in total. The van der Waals surface area contributed by atoms with E-state index < -0.39 is 23.8 Å².